The lowest BCUT2D eigenvalue weighted by molar-refractivity contribution is 0.597. The van der Waals surface area contributed by atoms with E-state index in [1.165, 1.54) is 23.1 Å². The van der Waals surface area contributed by atoms with E-state index in [1.54, 1.807) is 37.4 Å². The summed E-state index contributed by atoms with van der Waals surface area (Å²) in [7, 11) is -1.44. The molecule has 102 valence electrons. The molecule has 8 heteroatoms. The Labute approximate surface area is 120 Å². The van der Waals surface area contributed by atoms with Crippen molar-refractivity contribution in [2.45, 2.75) is 9.24 Å². The molecule has 1 aromatic carbocycles. The molecule has 0 saturated heterocycles. The van der Waals surface area contributed by atoms with E-state index in [9.17, 15) is 8.42 Å². The van der Waals surface area contributed by atoms with Crippen molar-refractivity contribution in [2.75, 3.05) is 23.9 Å². The Morgan fingerprint density at radius 3 is 2.63 bits per heavy atom. The molecule has 5 nitrogen and oxygen atoms in total. The summed E-state index contributed by atoms with van der Waals surface area (Å²) in [6.07, 6.45) is 0. The van der Waals surface area contributed by atoms with Gasteiger partial charge in [0, 0.05) is 12.8 Å². The second-order valence-corrected chi connectivity index (χ2v) is 8.03. The molecule has 0 aliphatic rings. The van der Waals surface area contributed by atoms with Crippen LogP contribution in [0, 0.1) is 0 Å². The fourth-order valence-electron chi connectivity index (χ4n) is 1.35. The zero-order valence-corrected chi connectivity index (χ0v) is 12.7. The highest BCUT2D eigenvalue weighted by Crippen LogP contribution is 2.25. The molecule has 0 amide bonds. The molecule has 0 saturated carbocycles. The molecule has 1 aromatic heterocycles. The van der Waals surface area contributed by atoms with Crippen LogP contribution < -0.4 is 5.32 Å². The van der Waals surface area contributed by atoms with Gasteiger partial charge >= 0.3 is 0 Å². The van der Waals surface area contributed by atoms with Gasteiger partial charge in [-0.2, -0.15) is 0 Å². The quantitative estimate of drug-likeness (QED) is 0.824. The highest BCUT2D eigenvalue weighted by molar-refractivity contribution is 8.02. The minimum Gasteiger partial charge on any atom is -0.363 e. The van der Waals surface area contributed by atoms with E-state index in [-0.39, 0.29) is 5.75 Å². The number of nitrogens with zero attached hydrogens (tertiary/aromatic N) is 2. The Bertz CT molecular complexity index is 626. The smallest absolute Gasteiger partial charge is 0.206 e. The summed E-state index contributed by atoms with van der Waals surface area (Å²) < 4.78 is 24.8. The highest BCUT2D eigenvalue weighted by Gasteiger charge is 2.14. The number of nitrogens with one attached hydrogen (secondary N) is 1. The zero-order chi connectivity index (χ0) is 13.7. The number of aromatic nitrogens is 2. The van der Waals surface area contributed by atoms with E-state index in [2.05, 4.69) is 15.5 Å². The van der Waals surface area contributed by atoms with Gasteiger partial charge in [0.1, 0.15) is 0 Å². The molecule has 0 atom stereocenters. The first-order chi connectivity index (χ1) is 9.12. The Hall–Kier alpha value is -1.12. The number of hydrogen-bond donors (Lipinski definition) is 1. The normalized spacial score (nSPS) is 11.4. The van der Waals surface area contributed by atoms with Gasteiger partial charge in [0.05, 0.1) is 10.6 Å². The maximum Gasteiger partial charge on any atom is 0.206 e. The molecule has 1 N–H and O–H groups in total. The van der Waals surface area contributed by atoms with Crippen LogP contribution in [-0.2, 0) is 9.84 Å². The SMILES string of the molecule is CNc1nnc(SCCS(=O)(=O)c2ccccc2)s1. The van der Waals surface area contributed by atoms with E-state index in [1.807, 2.05) is 0 Å². The van der Waals surface area contributed by atoms with Crippen LogP contribution in [0.15, 0.2) is 39.6 Å². The molecule has 2 rings (SSSR count). The number of sulfone groups is 1. The lowest BCUT2D eigenvalue weighted by Gasteiger charge is -2.02. The third-order valence-corrected chi connectivity index (χ3v) is 6.37. The van der Waals surface area contributed by atoms with Crippen molar-refractivity contribution in [2.24, 2.45) is 0 Å². The molecular formula is C11H13N3O2S3. The van der Waals surface area contributed by atoms with Crippen LogP contribution in [0.4, 0.5) is 5.13 Å². The number of rotatable bonds is 6. The molecular weight excluding hydrogens is 302 g/mol. The van der Waals surface area contributed by atoms with E-state index < -0.39 is 9.84 Å². The number of hydrogen-bond acceptors (Lipinski definition) is 7. The molecule has 0 bridgehead atoms. The second kappa shape index (κ2) is 6.36. The Morgan fingerprint density at radius 1 is 1.26 bits per heavy atom. The topological polar surface area (TPSA) is 72.0 Å². The molecule has 0 aliphatic heterocycles. The fraction of sp³-hybridized carbons (Fsp3) is 0.273. The van der Waals surface area contributed by atoms with Crippen molar-refractivity contribution in [3.05, 3.63) is 30.3 Å². The van der Waals surface area contributed by atoms with Gasteiger partial charge in [-0.3, -0.25) is 0 Å². The van der Waals surface area contributed by atoms with Crippen LogP contribution in [0.1, 0.15) is 0 Å². The molecule has 0 spiro atoms. The van der Waals surface area contributed by atoms with Crippen molar-refractivity contribution in [3.63, 3.8) is 0 Å². The van der Waals surface area contributed by atoms with Crippen molar-refractivity contribution in [1.82, 2.24) is 10.2 Å². The number of anilines is 1. The largest absolute Gasteiger partial charge is 0.363 e. The predicted molar refractivity (Wildman–Crippen MR) is 78.7 cm³/mol. The molecule has 0 radical (unpaired) electrons. The average Bonchev–Trinajstić information content (AvgIpc) is 2.87. The molecule has 0 fully saturated rings. The van der Waals surface area contributed by atoms with E-state index in [4.69, 9.17) is 0 Å². The van der Waals surface area contributed by atoms with Crippen LogP contribution in [0.2, 0.25) is 0 Å². The molecule has 0 unspecified atom stereocenters. The maximum absolute atomic E-state index is 12.0. The highest BCUT2D eigenvalue weighted by atomic mass is 32.2. The Kier molecular flexibility index (Phi) is 4.78. The number of benzene rings is 1. The van der Waals surface area contributed by atoms with Gasteiger partial charge in [-0.25, -0.2) is 8.42 Å². The predicted octanol–water partition coefficient (Wildman–Crippen LogP) is 2.15. The van der Waals surface area contributed by atoms with Gasteiger partial charge in [0.2, 0.25) is 5.13 Å². The minimum atomic E-state index is -3.21. The molecule has 0 aliphatic carbocycles. The van der Waals surface area contributed by atoms with E-state index in [0.717, 1.165) is 9.47 Å². The van der Waals surface area contributed by atoms with Gasteiger partial charge in [0.15, 0.2) is 14.2 Å². The first-order valence-corrected chi connectivity index (χ1v) is 8.99. The average molecular weight is 315 g/mol. The third kappa shape index (κ3) is 3.92. The lowest BCUT2D eigenvalue weighted by atomic mass is 10.4. The van der Waals surface area contributed by atoms with Crippen LogP contribution in [-0.4, -0.2) is 37.2 Å². The lowest BCUT2D eigenvalue weighted by Crippen LogP contribution is -2.08. The van der Waals surface area contributed by atoms with Crippen LogP contribution in [0.3, 0.4) is 0 Å². The van der Waals surface area contributed by atoms with Gasteiger partial charge in [-0.1, -0.05) is 41.3 Å². The Morgan fingerprint density at radius 2 is 2.00 bits per heavy atom. The van der Waals surface area contributed by atoms with E-state index in [0.29, 0.717) is 10.6 Å². The van der Waals surface area contributed by atoms with Crippen molar-refractivity contribution in [1.29, 1.82) is 0 Å². The summed E-state index contributed by atoms with van der Waals surface area (Å²) in [5.74, 6) is 0.561. The molecule has 2 aromatic rings. The zero-order valence-electron chi connectivity index (χ0n) is 10.2. The maximum atomic E-state index is 12.0. The molecule has 1 heterocycles. The standard InChI is InChI=1S/C11H13N3O2S3/c1-12-10-13-14-11(18-10)17-7-8-19(15,16)9-5-3-2-4-6-9/h2-6H,7-8H2,1H3,(H,12,13). The summed E-state index contributed by atoms with van der Waals surface area (Å²) in [6, 6.07) is 8.48. The second-order valence-electron chi connectivity index (χ2n) is 3.60. The minimum absolute atomic E-state index is 0.0934. The van der Waals surface area contributed by atoms with Crippen LogP contribution in [0.25, 0.3) is 0 Å². The first-order valence-electron chi connectivity index (χ1n) is 5.54. The van der Waals surface area contributed by atoms with Crippen molar-refractivity contribution < 1.29 is 8.42 Å². The summed E-state index contributed by atoms with van der Waals surface area (Å²) in [4.78, 5) is 0.365. The summed E-state index contributed by atoms with van der Waals surface area (Å²) in [5.41, 5.74) is 0. The first kappa shape index (κ1) is 14.3. The van der Waals surface area contributed by atoms with E-state index >= 15 is 0 Å². The number of thioether (sulfide) groups is 1. The third-order valence-electron chi connectivity index (χ3n) is 2.30. The van der Waals surface area contributed by atoms with Crippen molar-refractivity contribution in [3.8, 4) is 0 Å². The van der Waals surface area contributed by atoms with Crippen molar-refractivity contribution >= 4 is 38.1 Å². The Balaban J connectivity index is 1.92. The van der Waals surface area contributed by atoms with Crippen LogP contribution >= 0.6 is 23.1 Å². The van der Waals surface area contributed by atoms with Crippen LogP contribution in [0.5, 0.6) is 0 Å². The fourth-order valence-corrected chi connectivity index (χ4v) is 4.80. The summed E-state index contributed by atoms with van der Waals surface area (Å²) in [6.45, 7) is 0. The monoisotopic (exact) mass is 315 g/mol. The van der Waals surface area contributed by atoms with Gasteiger partial charge in [-0.05, 0) is 12.1 Å². The van der Waals surface area contributed by atoms with Gasteiger partial charge in [0.25, 0.3) is 0 Å². The summed E-state index contributed by atoms with van der Waals surface area (Å²) in [5, 5.41) is 11.5. The molecule has 19 heavy (non-hydrogen) atoms. The van der Waals surface area contributed by atoms with Gasteiger partial charge < -0.3 is 5.32 Å². The summed E-state index contributed by atoms with van der Waals surface area (Å²) >= 11 is 2.82. The van der Waals surface area contributed by atoms with Gasteiger partial charge in [-0.15, -0.1) is 10.2 Å².